The molecule has 0 saturated carbocycles. The lowest BCUT2D eigenvalue weighted by Crippen LogP contribution is -2.13. The molecular formula is C9H12ClN. The monoisotopic (exact) mass is 169 g/mol. The lowest BCUT2D eigenvalue weighted by molar-refractivity contribution is 0.781. The Morgan fingerprint density at radius 3 is 2.36 bits per heavy atom. The minimum atomic E-state index is 0.304. The summed E-state index contributed by atoms with van der Waals surface area (Å²) in [5.41, 5.74) is 6.76. The first-order chi connectivity index (χ1) is 5.38. The molecule has 1 aromatic rings. The van der Waals surface area contributed by atoms with Crippen LogP contribution in [0.1, 0.15) is 11.5 Å². The van der Waals surface area contributed by atoms with E-state index in [1.54, 1.807) is 0 Å². The molecule has 11 heavy (non-hydrogen) atoms. The Balaban J connectivity index is 2.74. The standard InChI is InChI=1S/C9H12ClN/c10-6-9(7-11)8-4-2-1-3-5-8/h1-5,9H,6-7,11H2. The number of nitrogens with two attached hydrogens (primary N) is 1. The molecule has 1 atom stereocenters. The van der Waals surface area contributed by atoms with Crippen molar-refractivity contribution in [1.82, 2.24) is 0 Å². The van der Waals surface area contributed by atoms with Gasteiger partial charge in [0.2, 0.25) is 0 Å². The molecule has 1 rings (SSSR count). The fourth-order valence-electron chi connectivity index (χ4n) is 1.01. The van der Waals surface area contributed by atoms with Crippen molar-refractivity contribution >= 4 is 11.6 Å². The van der Waals surface area contributed by atoms with E-state index in [1.807, 2.05) is 18.2 Å². The zero-order valence-corrected chi connectivity index (χ0v) is 7.09. The van der Waals surface area contributed by atoms with Crippen molar-refractivity contribution in [3.63, 3.8) is 0 Å². The van der Waals surface area contributed by atoms with Gasteiger partial charge in [-0.1, -0.05) is 30.3 Å². The molecule has 0 aromatic heterocycles. The van der Waals surface area contributed by atoms with Gasteiger partial charge in [-0.15, -0.1) is 11.6 Å². The quantitative estimate of drug-likeness (QED) is 0.688. The first kappa shape index (κ1) is 8.57. The van der Waals surface area contributed by atoms with Crippen molar-refractivity contribution in [3.05, 3.63) is 35.9 Å². The third-order valence-electron chi connectivity index (χ3n) is 1.74. The molecule has 0 bridgehead atoms. The molecule has 0 fully saturated rings. The second kappa shape index (κ2) is 4.37. The minimum Gasteiger partial charge on any atom is -0.330 e. The van der Waals surface area contributed by atoms with E-state index in [1.165, 1.54) is 5.56 Å². The molecular weight excluding hydrogens is 158 g/mol. The van der Waals surface area contributed by atoms with Gasteiger partial charge in [0.05, 0.1) is 0 Å². The van der Waals surface area contributed by atoms with Crippen molar-refractivity contribution in [2.24, 2.45) is 5.73 Å². The van der Waals surface area contributed by atoms with Gasteiger partial charge in [-0.05, 0) is 5.56 Å². The van der Waals surface area contributed by atoms with Gasteiger partial charge < -0.3 is 5.73 Å². The van der Waals surface area contributed by atoms with Crippen LogP contribution >= 0.6 is 11.6 Å². The van der Waals surface area contributed by atoms with Crippen LogP contribution in [0.5, 0.6) is 0 Å². The first-order valence-electron chi connectivity index (χ1n) is 3.69. The van der Waals surface area contributed by atoms with Crippen LogP contribution in [-0.4, -0.2) is 12.4 Å². The van der Waals surface area contributed by atoms with Crippen molar-refractivity contribution in [2.75, 3.05) is 12.4 Å². The topological polar surface area (TPSA) is 26.0 Å². The average molecular weight is 170 g/mol. The second-order valence-electron chi connectivity index (χ2n) is 2.50. The summed E-state index contributed by atoms with van der Waals surface area (Å²) in [7, 11) is 0. The van der Waals surface area contributed by atoms with Gasteiger partial charge in [0.1, 0.15) is 0 Å². The number of hydrogen-bond acceptors (Lipinski definition) is 1. The average Bonchev–Trinajstić information content (AvgIpc) is 2.09. The molecule has 1 aromatic carbocycles. The molecule has 1 unspecified atom stereocenters. The van der Waals surface area contributed by atoms with Crippen LogP contribution in [-0.2, 0) is 0 Å². The van der Waals surface area contributed by atoms with Crippen molar-refractivity contribution in [2.45, 2.75) is 5.92 Å². The number of benzene rings is 1. The summed E-state index contributed by atoms with van der Waals surface area (Å²) in [5.74, 6) is 0.901. The fraction of sp³-hybridized carbons (Fsp3) is 0.333. The molecule has 0 heterocycles. The van der Waals surface area contributed by atoms with E-state index >= 15 is 0 Å². The van der Waals surface area contributed by atoms with Gasteiger partial charge in [-0.3, -0.25) is 0 Å². The highest BCUT2D eigenvalue weighted by molar-refractivity contribution is 6.18. The minimum absolute atomic E-state index is 0.304. The number of rotatable bonds is 3. The van der Waals surface area contributed by atoms with Crippen LogP contribution in [0.4, 0.5) is 0 Å². The zero-order chi connectivity index (χ0) is 8.10. The highest BCUT2D eigenvalue weighted by Gasteiger charge is 2.05. The maximum Gasteiger partial charge on any atom is 0.0304 e. The van der Waals surface area contributed by atoms with Crippen LogP contribution in [0, 0.1) is 0 Å². The van der Waals surface area contributed by atoms with Gasteiger partial charge in [0.15, 0.2) is 0 Å². The highest BCUT2D eigenvalue weighted by atomic mass is 35.5. The first-order valence-corrected chi connectivity index (χ1v) is 4.23. The number of hydrogen-bond donors (Lipinski definition) is 1. The Morgan fingerprint density at radius 1 is 1.27 bits per heavy atom. The van der Waals surface area contributed by atoms with Gasteiger partial charge in [-0.2, -0.15) is 0 Å². The molecule has 0 aliphatic rings. The molecule has 60 valence electrons. The Morgan fingerprint density at radius 2 is 1.91 bits per heavy atom. The van der Waals surface area contributed by atoms with E-state index in [2.05, 4.69) is 12.1 Å². The van der Waals surface area contributed by atoms with Crippen molar-refractivity contribution < 1.29 is 0 Å². The molecule has 0 spiro atoms. The predicted molar refractivity (Wildman–Crippen MR) is 49.0 cm³/mol. The summed E-state index contributed by atoms with van der Waals surface area (Å²) in [5, 5.41) is 0. The summed E-state index contributed by atoms with van der Waals surface area (Å²) in [6.07, 6.45) is 0. The maximum atomic E-state index is 5.72. The summed E-state index contributed by atoms with van der Waals surface area (Å²) >= 11 is 5.72. The number of halogens is 1. The largest absolute Gasteiger partial charge is 0.330 e. The summed E-state index contributed by atoms with van der Waals surface area (Å²) in [4.78, 5) is 0. The second-order valence-corrected chi connectivity index (χ2v) is 2.81. The zero-order valence-electron chi connectivity index (χ0n) is 6.33. The highest BCUT2D eigenvalue weighted by Crippen LogP contribution is 2.14. The third kappa shape index (κ3) is 2.21. The fourth-order valence-corrected chi connectivity index (χ4v) is 1.32. The molecule has 0 radical (unpaired) electrons. The van der Waals surface area contributed by atoms with Crippen LogP contribution < -0.4 is 5.73 Å². The molecule has 2 heteroatoms. The van der Waals surface area contributed by atoms with Crippen LogP contribution in [0.25, 0.3) is 0 Å². The van der Waals surface area contributed by atoms with E-state index in [4.69, 9.17) is 17.3 Å². The SMILES string of the molecule is NCC(CCl)c1ccccc1. The Bertz CT molecular complexity index is 194. The molecule has 1 nitrogen and oxygen atoms in total. The summed E-state index contributed by atoms with van der Waals surface area (Å²) in [6.45, 7) is 0.619. The normalized spacial score (nSPS) is 12.9. The Labute approximate surface area is 72.2 Å². The lowest BCUT2D eigenvalue weighted by Gasteiger charge is -2.10. The number of alkyl halides is 1. The van der Waals surface area contributed by atoms with Crippen LogP contribution in [0.3, 0.4) is 0 Å². The van der Waals surface area contributed by atoms with Gasteiger partial charge in [0.25, 0.3) is 0 Å². The molecule has 0 aliphatic heterocycles. The molecule has 0 amide bonds. The molecule has 0 aliphatic carbocycles. The molecule has 0 saturated heterocycles. The third-order valence-corrected chi connectivity index (χ3v) is 2.11. The lowest BCUT2D eigenvalue weighted by atomic mass is 10.0. The van der Waals surface area contributed by atoms with Crippen molar-refractivity contribution in [1.29, 1.82) is 0 Å². The summed E-state index contributed by atoms with van der Waals surface area (Å²) < 4.78 is 0. The smallest absolute Gasteiger partial charge is 0.0304 e. The van der Waals surface area contributed by atoms with E-state index < -0.39 is 0 Å². The van der Waals surface area contributed by atoms with Crippen LogP contribution in [0.2, 0.25) is 0 Å². The molecule has 2 N–H and O–H groups in total. The predicted octanol–water partition coefficient (Wildman–Crippen LogP) is 1.97. The van der Waals surface area contributed by atoms with Gasteiger partial charge in [-0.25, -0.2) is 0 Å². The Kier molecular flexibility index (Phi) is 3.40. The van der Waals surface area contributed by atoms with Gasteiger partial charge >= 0.3 is 0 Å². The Hall–Kier alpha value is -0.530. The maximum absolute atomic E-state index is 5.72. The van der Waals surface area contributed by atoms with Crippen molar-refractivity contribution in [3.8, 4) is 0 Å². The van der Waals surface area contributed by atoms with E-state index in [9.17, 15) is 0 Å². The van der Waals surface area contributed by atoms with Crippen LogP contribution in [0.15, 0.2) is 30.3 Å². The van der Waals surface area contributed by atoms with E-state index in [0.717, 1.165) is 0 Å². The van der Waals surface area contributed by atoms with Gasteiger partial charge in [0, 0.05) is 18.3 Å². The van der Waals surface area contributed by atoms with E-state index in [-0.39, 0.29) is 0 Å². The summed E-state index contributed by atoms with van der Waals surface area (Å²) in [6, 6.07) is 10.1. The van der Waals surface area contributed by atoms with E-state index in [0.29, 0.717) is 18.3 Å².